The van der Waals surface area contributed by atoms with Gasteiger partial charge in [-0.2, -0.15) is 0 Å². The van der Waals surface area contributed by atoms with E-state index in [2.05, 4.69) is 26.6 Å². The van der Waals surface area contributed by atoms with Gasteiger partial charge in [0.2, 0.25) is 0 Å². The first-order valence-corrected chi connectivity index (χ1v) is 6.24. The summed E-state index contributed by atoms with van der Waals surface area (Å²) in [5.74, 6) is 0.00396. The van der Waals surface area contributed by atoms with E-state index in [0.717, 1.165) is 29.5 Å². The third-order valence-electron chi connectivity index (χ3n) is 2.76. The predicted octanol–water partition coefficient (Wildman–Crippen LogP) is 1.85. The van der Waals surface area contributed by atoms with E-state index in [-0.39, 0.29) is 11.9 Å². The Kier molecular flexibility index (Phi) is 3.61. The lowest BCUT2D eigenvalue weighted by Gasteiger charge is -2.12. The van der Waals surface area contributed by atoms with E-state index in [1.54, 1.807) is 0 Å². The monoisotopic (exact) mass is 282 g/mol. The van der Waals surface area contributed by atoms with Crippen LogP contribution >= 0.6 is 15.9 Å². The average Bonchev–Trinajstić information content (AvgIpc) is 2.74. The minimum Gasteiger partial charge on any atom is -0.348 e. The highest BCUT2D eigenvalue weighted by molar-refractivity contribution is 9.10. The van der Waals surface area contributed by atoms with E-state index in [9.17, 15) is 4.79 Å². The summed E-state index contributed by atoms with van der Waals surface area (Å²) in [5.41, 5.74) is 1.81. The first-order valence-electron chi connectivity index (χ1n) is 5.44. The SMILES string of the molecule is Cc1ccc(Br)c(C(=O)N[C@@H]2CCNC2)c1. The lowest BCUT2D eigenvalue weighted by Crippen LogP contribution is -2.36. The number of rotatable bonds is 2. The number of carbonyl (C=O) groups excluding carboxylic acids is 1. The van der Waals surface area contributed by atoms with Crippen LogP contribution in [-0.4, -0.2) is 25.0 Å². The van der Waals surface area contributed by atoms with Gasteiger partial charge in [-0.1, -0.05) is 11.6 Å². The van der Waals surface area contributed by atoms with Crippen LogP contribution in [0.5, 0.6) is 0 Å². The highest BCUT2D eigenvalue weighted by Gasteiger charge is 2.18. The molecule has 0 saturated carbocycles. The highest BCUT2D eigenvalue weighted by atomic mass is 79.9. The first kappa shape index (κ1) is 11.6. The Hall–Kier alpha value is -0.870. The van der Waals surface area contributed by atoms with E-state index in [1.807, 2.05) is 25.1 Å². The molecule has 1 saturated heterocycles. The molecular formula is C12H15BrN2O. The number of hydrogen-bond donors (Lipinski definition) is 2. The zero-order valence-electron chi connectivity index (χ0n) is 9.22. The fraction of sp³-hybridized carbons (Fsp3) is 0.417. The molecule has 1 atom stereocenters. The third kappa shape index (κ3) is 2.62. The molecule has 0 bridgehead atoms. The molecule has 0 radical (unpaired) electrons. The van der Waals surface area contributed by atoms with Crippen molar-refractivity contribution in [1.29, 1.82) is 0 Å². The van der Waals surface area contributed by atoms with Gasteiger partial charge in [-0.05, 0) is 48.0 Å². The van der Waals surface area contributed by atoms with Crippen molar-refractivity contribution in [3.8, 4) is 0 Å². The first-order chi connectivity index (χ1) is 7.66. The van der Waals surface area contributed by atoms with E-state index in [1.165, 1.54) is 0 Å². The molecule has 1 fully saturated rings. The molecule has 2 N–H and O–H groups in total. The van der Waals surface area contributed by atoms with Crippen LogP contribution in [0.25, 0.3) is 0 Å². The average molecular weight is 283 g/mol. The molecule has 1 aromatic rings. The van der Waals surface area contributed by atoms with Gasteiger partial charge in [-0.3, -0.25) is 4.79 Å². The van der Waals surface area contributed by atoms with Crippen LogP contribution in [0, 0.1) is 6.92 Å². The molecule has 0 aromatic heterocycles. The molecule has 86 valence electrons. The standard InChI is InChI=1S/C12H15BrN2O/c1-8-2-3-11(13)10(6-8)12(16)15-9-4-5-14-7-9/h2-3,6,9,14H,4-5,7H2,1H3,(H,15,16)/t9-/m1/s1. The molecule has 1 aromatic carbocycles. The molecule has 1 aliphatic heterocycles. The molecule has 1 aliphatic rings. The quantitative estimate of drug-likeness (QED) is 0.869. The van der Waals surface area contributed by atoms with Crippen molar-refractivity contribution in [3.63, 3.8) is 0 Å². The summed E-state index contributed by atoms with van der Waals surface area (Å²) in [6, 6.07) is 6.07. The van der Waals surface area contributed by atoms with Crippen molar-refractivity contribution in [2.45, 2.75) is 19.4 Å². The number of hydrogen-bond acceptors (Lipinski definition) is 2. The Bertz CT molecular complexity index is 400. The van der Waals surface area contributed by atoms with E-state index >= 15 is 0 Å². The number of aryl methyl sites for hydroxylation is 1. The minimum absolute atomic E-state index is 0.00396. The molecule has 0 aliphatic carbocycles. The molecule has 3 nitrogen and oxygen atoms in total. The van der Waals surface area contributed by atoms with Gasteiger partial charge in [0.25, 0.3) is 5.91 Å². The fourth-order valence-electron chi connectivity index (χ4n) is 1.85. The molecule has 0 spiro atoms. The molecule has 1 amide bonds. The molecule has 4 heteroatoms. The maximum absolute atomic E-state index is 12.0. The second kappa shape index (κ2) is 4.97. The topological polar surface area (TPSA) is 41.1 Å². The van der Waals surface area contributed by atoms with Crippen molar-refractivity contribution < 1.29 is 4.79 Å². The predicted molar refractivity (Wildman–Crippen MR) is 67.6 cm³/mol. The summed E-state index contributed by atoms with van der Waals surface area (Å²) in [4.78, 5) is 12.0. The second-order valence-electron chi connectivity index (χ2n) is 4.15. The molecule has 1 heterocycles. The normalized spacial score (nSPS) is 19.8. The van der Waals surface area contributed by atoms with Gasteiger partial charge < -0.3 is 10.6 Å². The van der Waals surface area contributed by atoms with E-state index in [0.29, 0.717) is 5.56 Å². The van der Waals surface area contributed by atoms with Crippen molar-refractivity contribution in [2.75, 3.05) is 13.1 Å². The third-order valence-corrected chi connectivity index (χ3v) is 3.45. The lowest BCUT2D eigenvalue weighted by molar-refractivity contribution is 0.0939. The fourth-order valence-corrected chi connectivity index (χ4v) is 2.28. The Morgan fingerprint density at radius 3 is 3.06 bits per heavy atom. The number of benzene rings is 1. The Morgan fingerprint density at radius 1 is 1.56 bits per heavy atom. The van der Waals surface area contributed by atoms with Crippen LogP contribution in [0.15, 0.2) is 22.7 Å². The van der Waals surface area contributed by atoms with Gasteiger partial charge in [-0.25, -0.2) is 0 Å². The summed E-state index contributed by atoms with van der Waals surface area (Å²) < 4.78 is 0.849. The van der Waals surface area contributed by atoms with Crippen molar-refractivity contribution >= 4 is 21.8 Å². The smallest absolute Gasteiger partial charge is 0.252 e. The number of halogens is 1. The molecule has 0 unspecified atom stereocenters. The van der Waals surface area contributed by atoms with Crippen LogP contribution in [-0.2, 0) is 0 Å². The Balaban J connectivity index is 2.10. The lowest BCUT2D eigenvalue weighted by atomic mass is 10.1. The number of carbonyl (C=O) groups is 1. The summed E-state index contributed by atoms with van der Waals surface area (Å²) in [5, 5.41) is 6.26. The zero-order valence-corrected chi connectivity index (χ0v) is 10.8. The summed E-state index contributed by atoms with van der Waals surface area (Å²) in [6.07, 6.45) is 1.01. The summed E-state index contributed by atoms with van der Waals surface area (Å²) in [7, 11) is 0. The summed E-state index contributed by atoms with van der Waals surface area (Å²) in [6.45, 7) is 3.84. The Labute approximate surface area is 104 Å². The van der Waals surface area contributed by atoms with Gasteiger partial charge in [-0.15, -0.1) is 0 Å². The number of amides is 1. The van der Waals surface area contributed by atoms with Crippen LogP contribution in [0.3, 0.4) is 0 Å². The van der Waals surface area contributed by atoms with Crippen LogP contribution in [0.1, 0.15) is 22.3 Å². The van der Waals surface area contributed by atoms with Crippen molar-refractivity contribution in [1.82, 2.24) is 10.6 Å². The van der Waals surface area contributed by atoms with Crippen LogP contribution in [0.2, 0.25) is 0 Å². The van der Waals surface area contributed by atoms with Gasteiger partial charge in [0, 0.05) is 17.1 Å². The van der Waals surface area contributed by atoms with Crippen LogP contribution in [0.4, 0.5) is 0 Å². The Morgan fingerprint density at radius 2 is 2.38 bits per heavy atom. The number of nitrogens with one attached hydrogen (secondary N) is 2. The van der Waals surface area contributed by atoms with Crippen molar-refractivity contribution in [2.24, 2.45) is 0 Å². The highest BCUT2D eigenvalue weighted by Crippen LogP contribution is 2.18. The molecule has 2 rings (SSSR count). The van der Waals surface area contributed by atoms with Crippen LogP contribution < -0.4 is 10.6 Å². The summed E-state index contributed by atoms with van der Waals surface area (Å²) >= 11 is 3.40. The van der Waals surface area contributed by atoms with Gasteiger partial charge >= 0.3 is 0 Å². The van der Waals surface area contributed by atoms with E-state index < -0.39 is 0 Å². The van der Waals surface area contributed by atoms with Crippen molar-refractivity contribution in [3.05, 3.63) is 33.8 Å². The molecule has 16 heavy (non-hydrogen) atoms. The molecular weight excluding hydrogens is 268 g/mol. The zero-order chi connectivity index (χ0) is 11.5. The van der Waals surface area contributed by atoms with Gasteiger partial charge in [0.05, 0.1) is 5.56 Å². The second-order valence-corrected chi connectivity index (χ2v) is 5.00. The largest absolute Gasteiger partial charge is 0.348 e. The van der Waals surface area contributed by atoms with E-state index in [4.69, 9.17) is 0 Å². The van der Waals surface area contributed by atoms with Gasteiger partial charge in [0.1, 0.15) is 0 Å². The minimum atomic E-state index is 0.00396. The van der Waals surface area contributed by atoms with Gasteiger partial charge in [0.15, 0.2) is 0 Å². The maximum Gasteiger partial charge on any atom is 0.252 e. The maximum atomic E-state index is 12.0.